The summed E-state index contributed by atoms with van der Waals surface area (Å²) in [5, 5.41) is 6.73. The SMILES string of the molecule is c1ccc(-n2ccc3c2ccc2c4ccccc4n(-c4nc(-c5ccccc5-c5cccc6ccccc56)c5cocc5n4)c23)cc1. The van der Waals surface area contributed by atoms with E-state index in [1.54, 1.807) is 12.5 Å². The number of hydrogen-bond donors (Lipinski definition) is 0. The molecule has 0 aliphatic carbocycles. The number of fused-ring (bicyclic) bond motifs is 7. The van der Waals surface area contributed by atoms with E-state index >= 15 is 0 Å². The molecule has 0 saturated heterocycles. The smallest absolute Gasteiger partial charge is 0.235 e. The Kier molecular flexibility index (Phi) is 5.51. The molecule has 10 rings (SSSR count). The van der Waals surface area contributed by atoms with Gasteiger partial charge in [0.05, 0.1) is 27.6 Å². The molecule has 0 atom stereocenters. The van der Waals surface area contributed by atoms with Crippen LogP contribution in [0.25, 0.3) is 88.4 Å². The zero-order valence-corrected chi connectivity index (χ0v) is 25.2. The summed E-state index contributed by atoms with van der Waals surface area (Å²) in [7, 11) is 0. The Bertz CT molecular complexity index is 2800. The largest absolute Gasteiger partial charge is 0.470 e. The maximum absolute atomic E-state index is 5.80. The monoisotopic (exact) mass is 602 g/mol. The van der Waals surface area contributed by atoms with Gasteiger partial charge in [0.2, 0.25) is 5.95 Å². The fraction of sp³-hybridized carbons (Fsp3) is 0. The fourth-order valence-corrected chi connectivity index (χ4v) is 7.23. The molecule has 0 saturated carbocycles. The normalized spacial score (nSPS) is 11.8. The molecule has 0 aliphatic rings. The second-order valence-corrected chi connectivity index (χ2v) is 11.9. The van der Waals surface area contributed by atoms with E-state index < -0.39 is 0 Å². The van der Waals surface area contributed by atoms with E-state index in [9.17, 15) is 0 Å². The van der Waals surface area contributed by atoms with Crippen LogP contribution >= 0.6 is 0 Å². The summed E-state index contributed by atoms with van der Waals surface area (Å²) in [5.41, 5.74) is 9.27. The molecule has 6 aromatic carbocycles. The second-order valence-electron chi connectivity index (χ2n) is 11.9. The minimum Gasteiger partial charge on any atom is -0.470 e. The van der Waals surface area contributed by atoms with Crippen LogP contribution < -0.4 is 0 Å². The van der Waals surface area contributed by atoms with Crippen LogP contribution in [0.2, 0.25) is 0 Å². The molecule has 0 N–H and O–H groups in total. The highest BCUT2D eigenvalue weighted by Gasteiger charge is 2.22. The van der Waals surface area contributed by atoms with E-state index in [2.05, 4.69) is 149 Å². The standard InChI is InChI=1S/C42H26N4O/c1-2-13-28(14-3-1)45-24-23-35-38(45)22-21-34-32-17-8-9-20-39(32)46(41(34)35)42-43-37-26-47-25-36(37)40(44-42)33-18-7-6-16-31(33)30-19-10-12-27-11-4-5-15-29(27)30/h1-26H. The molecule has 5 nitrogen and oxygen atoms in total. The second kappa shape index (κ2) is 10.0. The maximum atomic E-state index is 5.80. The lowest BCUT2D eigenvalue weighted by Gasteiger charge is -2.14. The van der Waals surface area contributed by atoms with Crippen LogP contribution in [0.15, 0.2) is 163 Å². The van der Waals surface area contributed by atoms with Gasteiger partial charge in [-0.2, -0.15) is 0 Å². The van der Waals surface area contributed by atoms with Crippen molar-refractivity contribution in [1.82, 2.24) is 19.1 Å². The minimum atomic E-state index is 0.604. The van der Waals surface area contributed by atoms with Crippen molar-refractivity contribution in [3.05, 3.63) is 158 Å². The number of benzene rings is 6. The summed E-state index contributed by atoms with van der Waals surface area (Å²) in [5.74, 6) is 0.604. The average molecular weight is 603 g/mol. The fourth-order valence-electron chi connectivity index (χ4n) is 7.23. The third kappa shape index (κ3) is 3.83. The third-order valence-corrected chi connectivity index (χ3v) is 9.33. The van der Waals surface area contributed by atoms with Gasteiger partial charge < -0.3 is 8.98 Å². The lowest BCUT2D eigenvalue weighted by molar-refractivity contribution is 0.572. The molecule has 0 fully saturated rings. The van der Waals surface area contributed by atoms with Crippen LogP contribution in [0.3, 0.4) is 0 Å². The van der Waals surface area contributed by atoms with Gasteiger partial charge in [-0.05, 0) is 52.2 Å². The highest BCUT2D eigenvalue weighted by atomic mass is 16.3. The number of furan rings is 1. The van der Waals surface area contributed by atoms with Crippen molar-refractivity contribution < 1.29 is 4.42 Å². The first-order valence-corrected chi connectivity index (χ1v) is 15.7. The van der Waals surface area contributed by atoms with E-state index in [0.717, 1.165) is 71.7 Å². The number of hydrogen-bond acceptors (Lipinski definition) is 3. The van der Waals surface area contributed by atoms with Crippen molar-refractivity contribution >= 4 is 54.4 Å². The van der Waals surface area contributed by atoms with E-state index in [0.29, 0.717) is 5.95 Å². The van der Waals surface area contributed by atoms with E-state index in [1.807, 2.05) is 6.07 Å². The Labute approximate surface area is 269 Å². The lowest BCUT2D eigenvalue weighted by atomic mass is 9.92. The van der Waals surface area contributed by atoms with Gasteiger partial charge in [-0.1, -0.05) is 109 Å². The van der Waals surface area contributed by atoms with Crippen molar-refractivity contribution in [2.75, 3.05) is 0 Å². The predicted molar refractivity (Wildman–Crippen MR) is 191 cm³/mol. The highest BCUT2D eigenvalue weighted by Crippen LogP contribution is 2.41. The summed E-state index contributed by atoms with van der Waals surface area (Å²) in [6.07, 6.45) is 5.63. The molecule has 0 radical (unpaired) electrons. The van der Waals surface area contributed by atoms with Crippen molar-refractivity contribution in [2.45, 2.75) is 0 Å². The molecule has 0 unspecified atom stereocenters. The quantitative estimate of drug-likeness (QED) is 0.201. The van der Waals surface area contributed by atoms with Crippen LogP contribution in [-0.2, 0) is 0 Å². The van der Waals surface area contributed by atoms with Crippen molar-refractivity contribution in [2.24, 2.45) is 0 Å². The molecule has 0 aliphatic heterocycles. The number of aromatic nitrogens is 4. The Morgan fingerprint density at radius 1 is 0.468 bits per heavy atom. The first-order valence-electron chi connectivity index (χ1n) is 15.7. The van der Waals surface area contributed by atoms with Gasteiger partial charge in [-0.15, -0.1) is 0 Å². The van der Waals surface area contributed by atoms with Gasteiger partial charge in [-0.3, -0.25) is 4.57 Å². The first kappa shape index (κ1) is 25.8. The molecule has 0 amide bonds. The van der Waals surface area contributed by atoms with E-state index in [-0.39, 0.29) is 0 Å². The summed E-state index contributed by atoms with van der Waals surface area (Å²) in [6.45, 7) is 0. The van der Waals surface area contributed by atoms with Crippen molar-refractivity contribution in [3.63, 3.8) is 0 Å². The summed E-state index contributed by atoms with van der Waals surface area (Å²) < 4.78 is 10.3. The topological polar surface area (TPSA) is 48.8 Å². The molecule has 220 valence electrons. The molecule has 4 heterocycles. The molecule has 0 bridgehead atoms. The van der Waals surface area contributed by atoms with Gasteiger partial charge >= 0.3 is 0 Å². The number of nitrogens with zero attached hydrogens (tertiary/aromatic N) is 4. The maximum Gasteiger partial charge on any atom is 0.235 e. The van der Waals surface area contributed by atoms with Gasteiger partial charge in [0.1, 0.15) is 18.0 Å². The van der Waals surface area contributed by atoms with E-state index in [1.165, 1.54) is 10.8 Å². The molecule has 4 aromatic heterocycles. The molecule has 0 spiro atoms. The van der Waals surface area contributed by atoms with Crippen LogP contribution in [0.5, 0.6) is 0 Å². The van der Waals surface area contributed by atoms with Crippen LogP contribution in [-0.4, -0.2) is 19.1 Å². The van der Waals surface area contributed by atoms with Crippen LogP contribution in [0.1, 0.15) is 0 Å². The zero-order valence-electron chi connectivity index (χ0n) is 25.2. The van der Waals surface area contributed by atoms with Gasteiger partial charge in [0.25, 0.3) is 0 Å². The Morgan fingerprint density at radius 2 is 1.21 bits per heavy atom. The van der Waals surface area contributed by atoms with Crippen molar-refractivity contribution in [1.29, 1.82) is 0 Å². The average Bonchev–Trinajstić information content (AvgIpc) is 3.87. The highest BCUT2D eigenvalue weighted by molar-refractivity contribution is 6.18. The first-order chi connectivity index (χ1) is 23.3. The summed E-state index contributed by atoms with van der Waals surface area (Å²) in [4.78, 5) is 10.5. The Hall–Kier alpha value is -6.46. The molecule has 10 aromatic rings. The molecule has 5 heteroatoms. The zero-order chi connectivity index (χ0) is 30.9. The van der Waals surface area contributed by atoms with Crippen LogP contribution in [0.4, 0.5) is 0 Å². The number of para-hydroxylation sites is 2. The third-order valence-electron chi connectivity index (χ3n) is 9.33. The molecular formula is C42H26N4O. The minimum absolute atomic E-state index is 0.604. The summed E-state index contributed by atoms with van der Waals surface area (Å²) in [6, 6.07) is 49.1. The molecular weight excluding hydrogens is 576 g/mol. The molecule has 47 heavy (non-hydrogen) atoms. The predicted octanol–water partition coefficient (Wildman–Crippen LogP) is 10.8. The van der Waals surface area contributed by atoms with E-state index in [4.69, 9.17) is 14.4 Å². The number of rotatable bonds is 4. The lowest BCUT2D eigenvalue weighted by Crippen LogP contribution is -2.03. The Balaban J connectivity index is 1.28. The van der Waals surface area contributed by atoms with Gasteiger partial charge in [0, 0.05) is 33.6 Å². The van der Waals surface area contributed by atoms with Gasteiger partial charge in [-0.25, -0.2) is 9.97 Å². The van der Waals surface area contributed by atoms with Gasteiger partial charge in [0.15, 0.2) is 0 Å². The van der Waals surface area contributed by atoms with Crippen molar-refractivity contribution in [3.8, 4) is 34.0 Å². The Morgan fingerprint density at radius 3 is 2.13 bits per heavy atom. The van der Waals surface area contributed by atoms with Crippen LogP contribution in [0, 0.1) is 0 Å². The summed E-state index contributed by atoms with van der Waals surface area (Å²) >= 11 is 0.